The molecule has 2 aromatic carbocycles. The lowest BCUT2D eigenvalue weighted by molar-refractivity contribution is -0.141. The highest BCUT2D eigenvalue weighted by molar-refractivity contribution is 5.94. The van der Waals surface area contributed by atoms with Crippen molar-refractivity contribution in [1.29, 1.82) is 0 Å². The molecule has 6 heteroatoms. The van der Waals surface area contributed by atoms with Crippen LogP contribution in [0.15, 0.2) is 42.5 Å². The van der Waals surface area contributed by atoms with Gasteiger partial charge < -0.3 is 14.7 Å². The van der Waals surface area contributed by atoms with Crippen LogP contribution in [-0.2, 0) is 9.53 Å². The zero-order valence-electron chi connectivity index (χ0n) is 15.3. The molecule has 0 amide bonds. The summed E-state index contributed by atoms with van der Waals surface area (Å²) in [5, 5.41) is 11.1. The van der Waals surface area contributed by atoms with E-state index >= 15 is 0 Å². The van der Waals surface area contributed by atoms with Gasteiger partial charge in [0.15, 0.2) is 5.82 Å². The first kappa shape index (κ1) is 17.3. The topological polar surface area (TPSA) is 75.5 Å². The predicted octanol–water partition coefficient (Wildman–Crippen LogP) is 3.45. The van der Waals surface area contributed by atoms with Gasteiger partial charge in [-0.15, -0.1) is 0 Å². The number of para-hydroxylation sites is 1. The molecule has 1 saturated heterocycles. The first-order valence-electron chi connectivity index (χ1n) is 8.99. The van der Waals surface area contributed by atoms with Gasteiger partial charge in [0.25, 0.3) is 0 Å². The summed E-state index contributed by atoms with van der Waals surface area (Å²) >= 11 is 0. The first-order valence-corrected chi connectivity index (χ1v) is 8.99. The summed E-state index contributed by atoms with van der Waals surface area (Å²) in [6, 6.07) is 12.6. The normalized spacial score (nSPS) is 16.7. The van der Waals surface area contributed by atoms with Crippen molar-refractivity contribution in [3.8, 4) is 17.1 Å². The Kier molecular flexibility index (Phi) is 4.39. The number of phenols is 1. The van der Waals surface area contributed by atoms with E-state index in [0.29, 0.717) is 17.2 Å². The third-order valence-corrected chi connectivity index (χ3v) is 4.98. The molecule has 1 atom stereocenters. The number of nitrogens with zero attached hydrogens (tertiary/aromatic N) is 3. The number of phenolic OH excluding ortho intramolecular Hbond substituents is 1. The minimum absolute atomic E-state index is 0.126. The lowest BCUT2D eigenvalue weighted by atomic mass is 10.1. The summed E-state index contributed by atoms with van der Waals surface area (Å²) in [7, 11) is 1.41. The van der Waals surface area contributed by atoms with Crippen molar-refractivity contribution in [3.05, 3.63) is 48.0 Å². The van der Waals surface area contributed by atoms with Gasteiger partial charge in [0, 0.05) is 11.9 Å². The standard InChI is InChI=1S/C21H21N3O3/c1-13-9-10-14-16(12-13)22-19(15-6-3-4-8-18(15)25)23-20(14)24-11-5-7-17(24)21(26)27-2/h3-4,6,8-10,12,17,25H,5,7,11H2,1-2H3/t17-/m0/s1. The quantitative estimate of drug-likeness (QED) is 0.719. The van der Waals surface area contributed by atoms with Crippen molar-refractivity contribution < 1.29 is 14.6 Å². The Morgan fingerprint density at radius 2 is 2.04 bits per heavy atom. The van der Waals surface area contributed by atoms with E-state index in [1.165, 1.54) is 7.11 Å². The third kappa shape index (κ3) is 3.07. The average molecular weight is 363 g/mol. The summed E-state index contributed by atoms with van der Waals surface area (Å²) in [5.74, 6) is 1.01. The molecule has 1 N–H and O–H groups in total. The molecule has 0 spiro atoms. The molecular formula is C21H21N3O3. The highest BCUT2D eigenvalue weighted by Crippen LogP contribution is 2.34. The van der Waals surface area contributed by atoms with Crippen molar-refractivity contribution in [1.82, 2.24) is 9.97 Å². The van der Waals surface area contributed by atoms with E-state index in [-0.39, 0.29) is 17.8 Å². The number of methoxy groups -OCH3 is 1. The molecule has 1 fully saturated rings. The van der Waals surface area contributed by atoms with Gasteiger partial charge >= 0.3 is 5.97 Å². The second-order valence-corrected chi connectivity index (χ2v) is 6.78. The molecule has 1 aliphatic rings. The number of carbonyl (C=O) groups is 1. The molecular weight excluding hydrogens is 342 g/mol. The van der Waals surface area contributed by atoms with Crippen LogP contribution in [0.4, 0.5) is 5.82 Å². The number of aryl methyl sites for hydroxylation is 1. The maximum atomic E-state index is 12.2. The SMILES string of the molecule is COC(=O)[C@@H]1CCCN1c1nc(-c2ccccc2O)nc2cc(C)ccc12. The van der Waals surface area contributed by atoms with Crippen LogP contribution in [0.5, 0.6) is 5.75 Å². The molecule has 27 heavy (non-hydrogen) atoms. The van der Waals surface area contributed by atoms with Gasteiger partial charge in [-0.2, -0.15) is 0 Å². The fourth-order valence-electron chi connectivity index (χ4n) is 3.63. The molecule has 0 unspecified atom stereocenters. The average Bonchev–Trinajstić information content (AvgIpc) is 3.16. The number of ether oxygens (including phenoxy) is 1. The number of anilines is 1. The van der Waals surface area contributed by atoms with Crippen LogP contribution >= 0.6 is 0 Å². The number of benzene rings is 2. The highest BCUT2D eigenvalue weighted by atomic mass is 16.5. The zero-order valence-corrected chi connectivity index (χ0v) is 15.3. The van der Waals surface area contributed by atoms with Crippen molar-refractivity contribution in [2.24, 2.45) is 0 Å². The van der Waals surface area contributed by atoms with Gasteiger partial charge in [-0.1, -0.05) is 18.2 Å². The Labute approximate surface area is 157 Å². The van der Waals surface area contributed by atoms with E-state index in [9.17, 15) is 9.90 Å². The van der Waals surface area contributed by atoms with Crippen LogP contribution in [0, 0.1) is 6.92 Å². The second-order valence-electron chi connectivity index (χ2n) is 6.78. The molecule has 0 aliphatic carbocycles. The lowest BCUT2D eigenvalue weighted by Crippen LogP contribution is -2.37. The molecule has 4 rings (SSSR count). The van der Waals surface area contributed by atoms with Gasteiger partial charge in [-0.25, -0.2) is 14.8 Å². The lowest BCUT2D eigenvalue weighted by Gasteiger charge is -2.25. The number of hydrogen-bond donors (Lipinski definition) is 1. The Morgan fingerprint density at radius 3 is 2.81 bits per heavy atom. The summed E-state index contributed by atoms with van der Waals surface area (Å²) in [6.45, 7) is 2.73. The monoisotopic (exact) mass is 363 g/mol. The number of aromatic nitrogens is 2. The zero-order chi connectivity index (χ0) is 19.0. The second kappa shape index (κ2) is 6.87. The minimum Gasteiger partial charge on any atom is -0.507 e. The fourth-order valence-corrected chi connectivity index (χ4v) is 3.63. The highest BCUT2D eigenvalue weighted by Gasteiger charge is 2.34. The van der Waals surface area contributed by atoms with Crippen LogP contribution in [0.2, 0.25) is 0 Å². The predicted molar refractivity (Wildman–Crippen MR) is 104 cm³/mol. The van der Waals surface area contributed by atoms with Crippen molar-refractivity contribution in [2.75, 3.05) is 18.6 Å². The molecule has 1 aromatic heterocycles. The molecule has 0 saturated carbocycles. The largest absolute Gasteiger partial charge is 0.507 e. The minimum atomic E-state index is -0.355. The number of aromatic hydroxyl groups is 1. The van der Waals surface area contributed by atoms with Crippen molar-refractivity contribution in [2.45, 2.75) is 25.8 Å². The van der Waals surface area contributed by atoms with E-state index in [2.05, 4.69) is 4.98 Å². The summed E-state index contributed by atoms with van der Waals surface area (Å²) in [4.78, 5) is 23.7. The van der Waals surface area contributed by atoms with Gasteiger partial charge in [0.05, 0.1) is 18.2 Å². The van der Waals surface area contributed by atoms with Gasteiger partial charge in [-0.05, 0) is 49.6 Å². The van der Waals surface area contributed by atoms with Crippen LogP contribution in [0.1, 0.15) is 18.4 Å². The Morgan fingerprint density at radius 1 is 1.22 bits per heavy atom. The van der Waals surface area contributed by atoms with Crippen LogP contribution in [-0.4, -0.2) is 40.7 Å². The van der Waals surface area contributed by atoms with Crippen LogP contribution < -0.4 is 4.90 Å². The summed E-state index contributed by atoms with van der Waals surface area (Å²) < 4.78 is 4.99. The molecule has 1 aliphatic heterocycles. The van der Waals surface area contributed by atoms with Gasteiger partial charge in [0.2, 0.25) is 0 Å². The van der Waals surface area contributed by atoms with Crippen LogP contribution in [0.25, 0.3) is 22.3 Å². The van der Waals surface area contributed by atoms with E-state index < -0.39 is 0 Å². The van der Waals surface area contributed by atoms with E-state index in [4.69, 9.17) is 9.72 Å². The van der Waals surface area contributed by atoms with Crippen LogP contribution in [0.3, 0.4) is 0 Å². The maximum Gasteiger partial charge on any atom is 0.328 e. The maximum absolute atomic E-state index is 12.2. The van der Waals surface area contributed by atoms with Gasteiger partial charge in [0.1, 0.15) is 17.6 Å². The van der Waals surface area contributed by atoms with Crippen molar-refractivity contribution in [3.63, 3.8) is 0 Å². The molecule has 0 bridgehead atoms. The third-order valence-electron chi connectivity index (χ3n) is 4.98. The number of rotatable bonds is 3. The van der Waals surface area contributed by atoms with E-state index in [0.717, 1.165) is 35.9 Å². The Hall–Kier alpha value is -3.15. The first-order chi connectivity index (χ1) is 13.1. The Balaban J connectivity index is 1.93. The van der Waals surface area contributed by atoms with E-state index in [1.54, 1.807) is 18.2 Å². The summed E-state index contributed by atoms with van der Waals surface area (Å²) in [6.07, 6.45) is 1.62. The number of hydrogen-bond acceptors (Lipinski definition) is 6. The smallest absolute Gasteiger partial charge is 0.328 e. The molecule has 0 radical (unpaired) electrons. The Bertz CT molecular complexity index is 1020. The van der Waals surface area contributed by atoms with Gasteiger partial charge in [-0.3, -0.25) is 0 Å². The molecule has 3 aromatic rings. The number of esters is 1. The number of fused-ring (bicyclic) bond motifs is 1. The molecule has 6 nitrogen and oxygen atoms in total. The fraction of sp³-hybridized carbons (Fsp3) is 0.286. The molecule has 2 heterocycles. The van der Waals surface area contributed by atoms with Crippen molar-refractivity contribution >= 4 is 22.7 Å². The number of carbonyl (C=O) groups excluding carboxylic acids is 1. The summed E-state index contributed by atoms with van der Waals surface area (Å²) in [5.41, 5.74) is 2.44. The molecule has 138 valence electrons. The van der Waals surface area contributed by atoms with E-state index in [1.807, 2.05) is 36.1 Å².